The van der Waals surface area contributed by atoms with Gasteiger partial charge in [-0.15, -0.1) is 23.7 Å². The summed E-state index contributed by atoms with van der Waals surface area (Å²) in [5, 5.41) is 2.80. The van der Waals surface area contributed by atoms with Gasteiger partial charge < -0.3 is 15.8 Å². The van der Waals surface area contributed by atoms with Gasteiger partial charge in [0.05, 0.1) is 17.0 Å². The Morgan fingerprint density at radius 2 is 2.29 bits per heavy atom. The largest absolute Gasteiger partial charge is 0.383 e. The van der Waals surface area contributed by atoms with Gasteiger partial charge in [0.2, 0.25) is 5.91 Å². The van der Waals surface area contributed by atoms with Crippen molar-refractivity contribution in [2.24, 2.45) is 5.73 Å². The number of ether oxygens (including phenoxy) is 1. The Morgan fingerprint density at radius 3 is 2.76 bits per heavy atom. The number of methoxy groups -OCH3 is 1. The zero-order valence-electron chi connectivity index (χ0n) is 9.60. The lowest BCUT2D eigenvalue weighted by Gasteiger charge is -2.15. The summed E-state index contributed by atoms with van der Waals surface area (Å²) in [4.78, 5) is 12.6. The molecule has 0 spiro atoms. The molecule has 0 aromatic carbocycles. The highest BCUT2D eigenvalue weighted by molar-refractivity contribution is 7.16. The van der Waals surface area contributed by atoms with Gasteiger partial charge in [-0.1, -0.05) is 11.6 Å². The van der Waals surface area contributed by atoms with Crippen molar-refractivity contribution >= 4 is 41.3 Å². The van der Waals surface area contributed by atoms with E-state index in [1.807, 2.05) is 13.0 Å². The van der Waals surface area contributed by atoms with Crippen molar-refractivity contribution in [1.29, 1.82) is 0 Å². The lowest BCUT2D eigenvalue weighted by molar-refractivity contribution is -0.124. The molecule has 0 aliphatic carbocycles. The molecule has 2 unspecified atom stereocenters. The summed E-state index contributed by atoms with van der Waals surface area (Å²) >= 11 is 7.26. The third-order valence-electron chi connectivity index (χ3n) is 2.06. The van der Waals surface area contributed by atoms with Crippen LogP contribution in [0, 0.1) is 0 Å². The second-order valence-corrected chi connectivity index (χ2v) is 5.18. The van der Waals surface area contributed by atoms with Gasteiger partial charge in [-0.2, -0.15) is 0 Å². The van der Waals surface area contributed by atoms with Crippen LogP contribution < -0.4 is 11.1 Å². The first-order valence-electron chi connectivity index (χ1n) is 4.84. The quantitative estimate of drug-likeness (QED) is 0.873. The highest BCUT2D eigenvalue weighted by Crippen LogP contribution is 2.26. The highest BCUT2D eigenvalue weighted by atomic mass is 35.5. The van der Waals surface area contributed by atoms with Gasteiger partial charge in [0.25, 0.3) is 0 Å². The van der Waals surface area contributed by atoms with Crippen LogP contribution in [0.5, 0.6) is 0 Å². The first kappa shape index (κ1) is 16.7. The minimum Gasteiger partial charge on any atom is -0.383 e. The maximum Gasteiger partial charge on any atom is 0.239 e. The number of nitrogens with two attached hydrogens (primary N) is 1. The van der Waals surface area contributed by atoms with Crippen LogP contribution in [0.15, 0.2) is 12.1 Å². The fourth-order valence-electron chi connectivity index (χ4n) is 1.21. The van der Waals surface area contributed by atoms with Gasteiger partial charge >= 0.3 is 0 Å². The third-order valence-corrected chi connectivity index (χ3v) is 3.48. The van der Waals surface area contributed by atoms with Crippen LogP contribution in [-0.4, -0.2) is 25.7 Å². The molecule has 0 saturated carbocycles. The monoisotopic (exact) mass is 298 g/mol. The molecule has 1 aromatic heterocycles. The summed E-state index contributed by atoms with van der Waals surface area (Å²) < 4.78 is 5.52. The summed E-state index contributed by atoms with van der Waals surface area (Å²) in [6, 6.07) is 2.97. The Kier molecular flexibility index (Phi) is 7.74. The van der Waals surface area contributed by atoms with E-state index in [0.717, 1.165) is 4.88 Å². The van der Waals surface area contributed by atoms with Crippen molar-refractivity contribution in [1.82, 2.24) is 5.32 Å². The maximum atomic E-state index is 11.6. The average molecular weight is 299 g/mol. The number of halogens is 2. The smallest absolute Gasteiger partial charge is 0.239 e. The summed E-state index contributed by atoms with van der Waals surface area (Å²) in [6.07, 6.45) is 0. The lowest BCUT2D eigenvalue weighted by Crippen LogP contribution is -2.44. The van der Waals surface area contributed by atoms with Crippen molar-refractivity contribution in [3.05, 3.63) is 21.3 Å². The van der Waals surface area contributed by atoms with E-state index >= 15 is 0 Å². The van der Waals surface area contributed by atoms with Crippen LogP contribution in [0.2, 0.25) is 4.34 Å². The summed E-state index contributed by atoms with van der Waals surface area (Å²) in [6.45, 7) is 2.10. The molecule has 0 aliphatic heterocycles. The molecule has 3 N–H and O–H groups in total. The molecule has 0 fully saturated rings. The number of thiophene rings is 1. The Labute approximate surface area is 116 Å². The van der Waals surface area contributed by atoms with Gasteiger partial charge in [0.1, 0.15) is 6.04 Å². The maximum absolute atomic E-state index is 11.6. The van der Waals surface area contributed by atoms with Crippen LogP contribution in [0.4, 0.5) is 0 Å². The number of nitrogens with one attached hydrogen (secondary N) is 1. The Hall–Kier alpha value is -0.330. The molecule has 0 aliphatic rings. The number of hydrogen-bond acceptors (Lipinski definition) is 4. The minimum absolute atomic E-state index is 0. The second kappa shape index (κ2) is 7.89. The molecular formula is C10H16Cl2N2O2S. The first-order chi connectivity index (χ1) is 7.54. The van der Waals surface area contributed by atoms with Crippen molar-refractivity contribution in [2.75, 3.05) is 13.7 Å². The highest BCUT2D eigenvalue weighted by Gasteiger charge is 2.17. The predicted molar refractivity (Wildman–Crippen MR) is 73.0 cm³/mol. The van der Waals surface area contributed by atoms with E-state index in [1.54, 1.807) is 6.07 Å². The molecule has 0 saturated heterocycles. The number of carbonyl (C=O) groups excluding carboxylic acids is 1. The molecule has 1 amide bonds. The number of rotatable bonds is 5. The third kappa shape index (κ3) is 5.23. The normalized spacial score (nSPS) is 13.6. The van der Waals surface area contributed by atoms with Gasteiger partial charge in [-0.05, 0) is 19.1 Å². The van der Waals surface area contributed by atoms with Gasteiger partial charge in [0, 0.05) is 12.0 Å². The summed E-state index contributed by atoms with van der Waals surface area (Å²) in [5.74, 6) is -0.223. The molecule has 2 atom stereocenters. The van der Waals surface area contributed by atoms with Crippen molar-refractivity contribution in [3.8, 4) is 0 Å². The SMILES string of the molecule is COCC(N)C(=O)NC(C)c1ccc(Cl)s1.Cl. The van der Waals surface area contributed by atoms with Gasteiger partial charge in [-0.25, -0.2) is 0 Å². The van der Waals surface area contributed by atoms with Gasteiger partial charge in [-0.3, -0.25) is 4.79 Å². The fraction of sp³-hybridized carbons (Fsp3) is 0.500. The summed E-state index contributed by atoms with van der Waals surface area (Å²) in [7, 11) is 1.51. The first-order valence-corrected chi connectivity index (χ1v) is 6.04. The lowest BCUT2D eigenvalue weighted by atomic mass is 10.2. The van der Waals surface area contributed by atoms with E-state index in [1.165, 1.54) is 18.4 Å². The molecule has 4 nitrogen and oxygen atoms in total. The predicted octanol–water partition coefficient (Wildman–Crippen LogP) is 1.97. The Balaban J connectivity index is 0.00000256. The van der Waals surface area contributed by atoms with E-state index < -0.39 is 6.04 Å². The molecule has 98 valence electrons. The standard InChI is InChI=1S/C10H15ClN2O2S.ClH/c1-6(8-3-4-9(11)16-8)13-10(14)7(12)5-15-2;/h3-4,6-7H,5,12H2,1-2H3,(H,13,14);1H. The molecule has 7 heteroatoms. The average Bonchev–Trinajstić information content (AvgIpc) is 2.65. The van der Waals surface area contributed by atoms with E-state index in [0.29, 0.717) is 4.34 Å². The van der Waals surface area contributed by atoms with Crippen molar-refractivity contribution in [3.63, 3.8) is 0 Å². The van der Waals surface area contributed by atoms with Crippen LogP contribution in [0.1, 0.15) is 17.8 Å². The molecule has 1 aromatic rings. The van der Waals surface area contributed by atoms with Crippen LogP contribution >= 0.6 is 35.3 Å². The topological polar surface area (TPSA) is 64.3 Å². The van der Waals surface area contributed by atoms with Crippen LogP contribution in [-0.2, 0) is 9.53 Å². The molecule has 0 bridgehead atoms. The fourth-order valence-corrected chi connectivity index (χ4v) is 2.27. The Bertz CT molecular complexity index is 360. The van der Waals surface area contributed by atoms with E-state index in [-0.39, 0.29) is 31.0 Å². The van der Waals surface area contributed by atoms with Crippen molar-refractivity contribution < 1.29 is 9.53 Å². The van der Waals surface area contributed by atoms with Crippen LogP contribution in [0.25, 0.3) is 0 Å². The van der Waals surface area contributed by atoms with Gasteiger partial charge in [0.15, 0.2) is 0 Å². The number of hydrogen-bond donors (Lipinski definition) is 2. The molecule has 0 radical (unpaired) electrons. The summed E-state index contributed by atoms with van der Waals surface area (Å²) in [5.41, 5.74) is 5.60. The van der Waals surface area contributed by atoms with E-state index in [9.17, 15) is 4.79 Å². The second-order valence-electron chi connectivity index (χ2n) is 3.43. The zero-order valence-corrected chi connectivity index (χ0v) is 12.0. The van der Waals surface area contributed by atoms with E-state index in [4.69, 9.17) is 22.1 Å². The molecule has 1 rings (SSSR count). The number of amides is 1. The molecule has 17 heavy (non-hydrogen) atoms. The minimum atomic E-state index is -0.636. The zero-order chi connectivity index (χ0) is 12.1. The van der Waals surface area contributed by atoms with Crippen LogP contribution in [0.3, 0.4) is 0 Å². The Morgan fingerprint density at radius 1 is 1.65 bits per heavy atom. The van der Waals surface area contributed by atoms with E-state index in [2.05, 4.69) is 5.32 Å². The molecular weight excluding hydrogens is 283 g/mol. The molecule has 1 heterocycles. The number of carbonyl (C=O) groups is 1. The van der Waals surface area contributed by atoms with Crippen molar-refractivity contribution in [2.45, 2.75) is 19.0 Å².